The van der Waals surface area contributed by atoms with E-state index in [4.69, 9.17) is 28.2 Å². The van der Waals surface area contributed by atoms with E-state index < -0.39 is 10.0 Å². The van der Waals surface area contributed by atoms with E-state index in [0.29, 0.717) is 46.8 Å². The number of aromatic nitrogens is 4. The lowest BCUT2D eigenvalue weighted by Gasteiger charge is -2.32. The maximum atomic E-state index is 13.1. The number of anilines is 1. The molecule has 0 radical (unpaired) electrons. The molecule has 1 aromatic carbocycles. The number of hydrogen-bond acceptors (Lipinski definition) is 6. The number of hydrogen-bond donors (Lipinski definition) is 1. The number of halogens is 4. The van der Waals surface area contributed by atoms with E-state index in [1.807, 2.05) is 30.3 Å². The van der Waals surface area contributed by atoms with Crippen LogP contribution in [0.2, 0.25) is 10.2 Å². The number of fused-ring (bicyclic) bond motifs is 1. The molecule has 3 aromatic heterocycles. The van der Waals surface area contributed by atoms with Gasteiger partial charge in [0, 0.05) is 42.0 Å². The van der Waals surface area contributed by atoms with Crippen molar-refractivity contribution < 1.29 is 8.42 Å². The minimum Gasteiger partial charge on any atom is -0.367 e. The first-order valence-corrected chi connectivity index (χ1v) is 14.4. The molecule has 4 aromatic rings. The Balaban J connectivity index is 1.37. The molecule has 0 amide bonds. The molecule has 0 atom stereocenters. The molecule has 1 aliphatic rings. The fourth-order valence-electron chi connectivity index (χ4n) is 3.99. The molecule has 182 valence electrons. The summed E-state index contributed by atoms with van der Waals surface area (Å²) in [5.41, 5.74) is 2.19. The summed E-state index contributed by atoms with van der Waals surface area (Å²) in [4.78, 5) is 8.80. The van der Waals surface area contributed by atoms with Gasteiger partial charge in [-0.3, -0.25) is 0 Å². The number of nitrogens with zero attached hydrogens (tertiary/aromatic N) is 5. The molecule has 0 bridgehead atoms. The van der Waals surface area contributed by atoms with Gasteiger partial charge in [-0.05, 0) is 56.8 Å². The van der Waals surface area contributed by atoms with Gasteiger partial charge in [0.05, 0.1) is 20.8 Å². The van der Waals surface area contributed by atoms with Gasteiger partial charge in [-0.1, -0.05) is 41.4 Å². The Morgan fingerprint density at radius 1 is 1.03 bits per heavy atom. The second-order valence-electron chi connectivity index (χ2n) is 8.00. The first-order valence-electron chi connectivity index (χ1n) is 10.6. The highest BCUT2D eigenvalue weighted by molar-refractivity contribution is 9.11. The van der Waals surface area contributed by atoms with Gasteiger partial charge in [-0.2, -0.15) is 13.9 Å². The van der Waals surface area contributed by atoms with Crippen LogP contribution in [0, 0.1) is 0 Å². The van der Waals surface area contributed by atoms with E-state index in [1.54, 1.807) is 10.7 Å². The number of pyridine rings is 1. The second kappa shape index (κ2) is 9.95. The molecule has 1 N–H and O–H groups in total. The van der Waals surface area contributed by atoms with Crippen LogP contribution < -0.4 is 5.32 Å². The lowest BCUT2D eigenvalue weighted by atomic mass is 10.1. The molecular weight excluding hydrogens is 643 g/mol. The maximum Gasteiger partial charge on any atom is 0.244 e. The molecule has 8 nitrogen and oxygen atoms in total. The van der Waals surface area contributed by atoms with Gasteiger partial charge in [0.25, 0.3) is 0 Å². The Bertz CT molecular complexity index is 1520. The van der Waals surface area contributed by atoms with E-state index in [0.717, 1.165) is 15.9 Å². The fourth-order valence-corrected chi connectivity index (χ4v) is 6.62. The standard InChI is InChI=1S/C22H18Br2Cl2N6O2S/c23-16-9-14(11-27-21(16)26)35(33,34)31-7-5-13(6-8-31)29-20-10-19(15-3-1-2-4-18(15)25)30-22-17(24)12-28-32(20)22/h1-4,9-13,29H,5-8H2. The van der Waals surface area contributed by atoms with Gasteiger partial charge in [-0.25, -0.2) is 18.4 Å². The molecule has 1 saturated heterocycles. The van der Waals surface area contributed by atoms with E-state index in [2.05, 4.69) is 47.3 Å². The first kappa shape index (κ1) is 24.9. The Morgan fingerprint density at radius 2 is 1.77 bits per heavy atom. The SMILES string of the molecule is O=S(=O)(c1cnc(Cl)c(Br)c1)N1CCC(Nc2cc(-c3ccccc3Cl)nc3c(Br)cnn23)CC1. The van der Waals surface area contributed by atoms with Gasteiger partial charge in [0.2, 0.25) is 10.0 Å². The number of sulfonamides is 1. The van der Waals surface area contributed by atoms with Crippen molar-refractivity contribution in [2.45, 2.75) is 23.8 Å². The van der Waals surface area contributed by atoms with Crippen LogP contribution in [0.4, 0.5) is 5.82 Å². The van der Waals surface area contributed by atoms with Gasteiger partial charge < -0.3 is 5.32 Å². The highest BCUT2D eigenvalue weighted by Gasteiger charge is 2.30. The van der Waals surface area contributed by atoms with Crippen LogP contribution in [0.1, 0.15) is 12.8 Å². The Kier molecular flexibility index (Phi) is 7.08. The minimum absolute atomic E-state index is 0.0456. The van der Waals surface area contributed by atoms with E-state index in [1.165, 1.54) is 16.6 Å². The lowest BCUT2D eigenvalue weighted by Crippen LogP contribution is -2.42. The summed E-state index contributed by atoms with van der Waals surface area (Å²) >= 11 is 19.1. The Morgan fingerprint density at radius 3 is 2.49 bits per heavy atom. The van der Waals surface area contributed by atoms with E-state index in [-0.39, 0.29) is 16.1 Å². The minimum atomic E-state index is -3.67. The zero-order chi connectivity index (χ0) is 24.7. The van der Waals surface area contributed by atoms with Crippen molar-refractivity contribution in [2.75, 3.05) is 18.4 Å². The van der Waals surface area contributed by atoms with E-state index >= 15 is 0 Å². The number of benzene rings is 1. The molecule has 4 heterocycles. The van der Waals surface area contributed by atoms with Gasteiger partial charge in [-0.15, -0.1) is 0 Å². The van der Waals surface area contributed by atoms with Crippen molar-refractivity contribution in [1.82, 2.24) is 23.9 Å². The molecule has 1 fully saturated rings. The monoisotopic (exact) mass is 658 g/mol. The quantitative estimate of drug-likeness (QED) is 0.269. The summed E-state index contributed by atoms with van der Waals surface area (Å²) in [5, 5.41) is 8.79. The number of rotatable bonds is 5. The van der Waals surface area contributed by atoms with Crippen molar-refractivity contribution in [2.24, 2.45) is 0 Å². The van der Waals surface area contributed by atoms with Crippen LogP contribution in [0.15, 0.2) is 62.6 Å². The molecule has 5 rings (SSSR count). The average Bonchev–Trinajstić information content (AvgIpc) is 3.22. The predicted molar refractivity (Wildman–Crippen MR) is 143 cm³/mol. The summed E-state index contributed by atoms with van der Waals surface area (Å²) < 4.78 is 30.6. The molecule has 0 spiro atoms. The van der Waals surface area contributed by atoms with Crippen molar-refractivity contribution in [1.29, 1.82) is 0 Å². The summed E-state index contributed by atoms with van der Waals surface area (Å²) in [6, 6.07) is 11.0. The first-order chi connectivity index (χ1) is 16.7. The molecule has 0 aliphatic carbocycles. The number of nitrogens with one attached hydrogen (secondary N) is 1. The van der Waals surface area contributed by atoms with Crippen LogP contribution in [0.25, 0.3) is 16.9 Å². The van der Waals surface area contributed by atoms with Crippen LogP contribution in [0.3, 0.4) is 0 Å². The molecule has 13 heteroatoms. The third kappa shape index (κ3) is 4.94. The average molecular weight is 661 g/mol. The van der Waals surface area contributed by atoms with E-state index in [9.17, 15) is 8.42 Å². The van der Waals surface area contributed by atoms with Crippen molar-refractivity contribution in [3.05, 3.63) is 67.9 Å². The highest BCUT2D eigenvalue weighted by Crippen LogP contribution is 2.32. The lowest BCUT2D eigenvalue weighted by molar-refractivity contribution is 0.329. The van der Waals surface area contributed by atoms with Crippen LogP contribution in [-0.2, 0) is 10.0 Å². The third-order valence-corrected chi connectivity index (χ3v) is 9.68. The topological polar surface area (TPSA) is 92.5 Å². The summed E-state index contributed by atoms with van der Waals surface area (Å²) in [6.45, 7) is 0.739. The summed E-state index contributed by atoms with van der Waals surface area (Å²) in [7, 11) is -3.67. The summed E-state index contributed by atoms with van der Waals surface area (Å²) in [6.07, 6.45) is 4.22. The Hall–Kier alpha value is -1.76. The number of piperidine rings is 1. The normalized spacial score (nSPS) is 15.5. The maximum absolute atomic E-state index is 13.1. The smallest absolute Gasteiger partial charge is 0.244 e. The zero-order valence-corrected chi connectivity index (χ0v) is 23.5. The van der Waals surface area contributed by atoms with Crippen LogP contribution in [0.5, 0.6) is 0 Å². The zero-order valence-electron chi connectivity index (χ0n) is 18.0. The summed E-state index contributed by atoms with van der Waals surface area (Å²) in [5.74, 6) is 0.753. The molecule has 35 heavy (non-hydrogen) atoms. The van der Waals surface area contributed by atoms with Crippen molar-refractivity contribution in [3.63, 3.8) is 0 Å². The molecule has 1 aliphatic heterocycles. The second-order valence-corrected chi connectivity index (χ2v) is 12.4. The predicted octanol–water partition coefficient (Wildman–Crippen LogP) is 5.89. The molecule has 0 saturated carbocycles. The molecular formula is C22H18Br2Cl2N6O2S. The van der Waals surface area contributed by atoms with Gasteiger partial charge in [0.1, 0.15) is 15.9 Å². The van der Waals surface area contributed by atoms with Crippen LogP contribution in [-0.4, -0.2) is 51.4 Å². The van der Waals surface area contributed by atoms with Gasteiger partial charge >= 0.3 is 0 Å². The Labute approximate surface area is 229 Å². The third-order valence-electron chi connectivity index (χ3n) is 5.79. The fraction of sp³-hybridized carbons (Fsp3) is 0.227. The highest BCUT2D eigenvalue weighted by atomic mass is 79.9. The largest absolute Gasteiger partial charge is 0.367 e. The van der Waals surface area contributed by atoms with Crippen LogP contribution >= 0.6 is 55.1 Å². The van der Waals surface area contributed by atoms with Crippen molar-refractivity contribution in [3.8, 4) is 11.3 Å². The van der Waals surface area contributed by atoms with Gasteiger partial charge in [0.15, 0.2) is 5.65 Å². The van der Waals surface area contributed by atoms with Crippen molar-refractivity contribution >= 4 is 76.6 Å². The molecule has 0 unspecified atom stereocenters.